The molecule has 55 heavy (non-hydrogen) atoms. The molecule has 1 aliphatic heterocycles. The lowest BCUT2D eigenvalue weighted by atomic mass is 9.98. The van der Waals surface area contributed by atoms with Crippen LogP contribution in [0, 0.1) is 0 Å². The fraction of sp³-hybridized carbons (Fsp3) is 1.00. The highest BCUT2D eigenvalue weighted by Crippen LogP contribution is 2.40. The van der Waals surface area contributed by atoms with Crippen LogP contribution in [0.4, 0.5) is 0 Å². The molecular formula is C50H102N2O3. The summed E-state index contributed by atoms with van der Waals surface area (Å²) >= 11 is 0. The van der Waals surface area contributed by atoms with E-state index in [9.17, 15) is 0 Å². The molecule has 5 nitrogen and oxygen atoms in total. The third-order valence-electron chi connectivity index (χ3n) is 12.4. The predicted molar refractivity (Wildman–Crippen MR) is 242 cm³/mol. The van der Waals surface area contributed by atoms with Crippen molar-refractivity contribution < 1.29 is 14.2 Å². The van der Waals surface area contributed by atoms with Crippen molar-refractivity contribution in [3.63, 3.8) is 0 Å². The van der Waals surface area contributed by atoms with E-state index in [1.807, 2.05) is 0 Å². The summed E-state index contributed by atoms with van der Waals surface area (Å²) in [6.45, 7) is 8.01. The molecule has 0 aromatic rings. The van der Waals surface area contributed by atoms with Gasteiger partial charge in [-0.1, -0.05) is 219 Å². The minimum Gasteiger partial charge on any atom is -0.381 e. The average Bonchev–Trinajstić information content (AvgIpc) is 3.54. The number of ether oxygens (including phenoxy) is 3. The van der Waals surface area contributed by atoms with Crippen LogP contribution in [0.1, 0.15) is 271 Å². The Morgan fingerprint density at radius 1 is 0.418 bits per heavy atom. The average molecular weight is 779 g/mol. The highest BCUT2D eigenvalue weighted by atomic mass is 16.8. The third-order valence-corrected chi connectivity index (χ3v) is 12.4. The second kappa shape index (κ2) is 41.9. The molecule has 0 aromatic heterocycles. The molecule has 0 bridgehead atoms. The normalized spacial score (nSPS) is 16.8. The largest absolute Gasteiger partial charge is 0.381 e. The highest BCUT2D eigenvalue weighted by Gasteiger charge is 2.46. The molecule has 1 heterocycles. The Morgan fingerprint density at radius 3 is 1.11 bits per heavy atom. The lowest BCUT2D eigenvalue weighted by molar-refractivity contribution is -0.187. The quantitative estimate of drug-likeness (QED) is 0.0603. The molecule has 0 saturated carbocycles. The van der Waals surface area contributed by atoms with E-state index in [4.69, 9.17) is 19.9 Å². The van der Waals surface area contributed by atoms with Crippen molar-refractivity contribution in [3.8, 4) is 0 Å². The number of nitrogens with one attached hydrogen (secondary N) is 1. The summed E-state index contributed by atoms with van der Waals surface area (Å²) in [4.78, 5) is 0. The number of hydrogen-bond acceptors (Lipinski definition) is 5. The molecule has 1 saturated heterocycles. The van der Waals surface area contributed by atoms with Gasteiger partial charge in [-0.25, -0.2) is 0 Å². The molecule has 5 heteroatoms. The zero-order chi connectivity index (χ0) is 39.6. The van der Waals surface area contributed by atoms with E-state index < -0.39 is 5.79 Å². The maximum atomic E-state index is 7.02. The number of nitrogens with two attached hydrogens (primary N) is 1. The molecule has 0 spiro atoms. The molecule has 1 rings (SSSR count). The molecule has 1 fully saturated rings. The van der Waals surface area contributed by atoms with E-state index in [-0.39, 0.29) is 12.2 Å². The van der Waals surface area contributed by atoms with Gasteiger partial charge in [0.25, 0.3) is 0 Å². The van der Waals surface area contributed by atoms with Crippen molar-refractivity contribution in [2.75, 3.05) is 33.4 Å². The molecule has 0 aromatic carbocycles. The molecule has 0 radical (unpaired) electrons. The summed E-state index contributed by atoms with van der Waals surface area (Å²) in [5.41, 5.74) is 5.66. The second-order valence-corrected chi connectivity index (χ2v) is 17.8. The lowest BCUT2D eigenvalue weighted by Crippen LogP contribution is -2.31. The first-order valence-corrected chi connectivity index (χ1v) is 25.5. The minimum atomic E-state index is -0.392. The fourth-order valence-electron chi connectivity index (χ4n) is 8.76. The van der Waals surface area contributed by atoms with Crippen LogP contribution in [-0.4, -0.2) is 51.3 Å². The maximum Gasteiger partial charge on any atom is 0.169 e. The zero-order valence-electron chi connectivity index (χ0n) is 38.1. The maximum absolute atomic E-state index is 7.02. The van der Waals surface area contributed by atoms with E-state index in [1.54, 1.807) is 0 Å². The van der Waals surface area contributed by atoms with E-state index in [0.29, 0.717) is 0 Å². The Bertz CT molecular complexity index is 700. The summed E-state index contributed by atoms with van der Waals surface area (Å²) in [5, 5.41) is 3.37. The van der Waals surface area contributed by atoms with Gasteiger partial charge < -0.3 is 25.3 Å². The summed E-state index contributed by atoms with van der Waals surface area (Å²) in [6.07, 6.45) is 54.1. The summed E-state index contributed by atoms with van der Waals surface area (Å²) in [5.74, 6) is -0.392. The lowest BCUT2D eigenvalue weighted by Gasteiger charge is -2.29. The molecule has 0 amide bonds. The van der Waals surface area contributed by atoms with Gasteiger partial charge in [-0.05, 0) is 58.7 Å². The zero-order valence-corrected chi connectivity index (χ0v) is 38.1. The van der Waals surface area contributed by atoms with Crippen LogP contribution in [0.5, 0.6) is 0 Å². The molecule has 3 N–H and O–H groups in total. The van der Waals surface area contributed by atoms with Gasteiger partial charge in [0.2, 0.25) is 0 Å². The highest BCUT2D eigenvalue weighted by molar-refractivity contribution is 4.87. The van der Waals surface area contributed by atoms with Crippen molar-refractivity contribution in [3.05, 3.63) is 0 Å². The first kappa shape index (κ1) is 52.8. The predicted octanol–water partition coefficient (Wildman–Crippen LogP) is 15.3. The molecular weight excluding hydrogens is 677 g/mol. The smallest absolute Gasteiger partial charge is 0.169 e. The van der Waals surface area contributed by atoms with E-state index in [0.717, 1.165) is 64.8 Å². The minimum absolute atomic E-state index is 0.146. The van der Waals surface area contributed by atoms with Gasteiger partial charge >= 0.3 is 0 Å². The fourth-order valence-corrected chi connectivity index (χ4v) is 8.76. The van der Waals surface area contributed by atoms with Crippen LogP contribution < -0.4 is 11.1 Å². The van der Waals surface area contributed by atoms with Gasteiger partial charge in [-0.2, -0.15) is 0 Å². The molecule has 2 unspecified atom stereocenters. The van der Waals surface area contributed by atoms with Crippen molar-refractivity contribution in [2.45, 2.75) is 289 Å². The van der Waals surface area contributed by atoms with Crippen molar-refractivity contribution in [2.24, 2.45) is 5.73 Å². The summed E-state index contributed by atoms with van der Waals surface area (Å²) < 4.78 is 20.1. The first-order chi connectivity index (χ1) is 27.2. The van der Waals surface area contributed by atoms with Crippen molar-refractivity contribution >= 4 is 0 Å². The Labute approximate surface area is 346 Å². The summed E-state index contributed by atoms with van der Waals surface area (Å²) in [7, 11) is 2.05. The summed E-state index contributed by atoms with van der Waals surface area (Å²) in [6, 6.07) is 0. The van der Waals surface area contributed by atoms with E-state index in [1.165, 1.54) is 218 Å². The Balaban J connectivity index is 2.38. The van der Waals surface area contributed by atoms with Crippen LogP contribution >= 0.6 is 0 Å². The Hall–Kier alpha value is -0.200. The topological polar surface area (TPSA) is 65.7 Å². The van der Waals surface area contributed by atoms with Crippen LogP contribution in [0.15, 0.2) is 0 Å². The van der Waals surface area contributed by atoms with Crippen LogP contribution in [0.3, 0.4) is 0 Å². The Morgan fingerprint density at radius 2 is 0.745 bits per heavy atom. The van der Waals surface area contributed by atoms with Crippen molar-refractivity contribution in [1.29, 1.82) is 0 Å². The van der Waals surface area contributed by atoms with Crippen LogP contribution in [0.2, 0.25) is 0 Å². The Kier molecular flexibility index (Phi) is 40.3. The third kappa shape index (κ3) is 33.3. The van der Waals surface area contributed by atoms with Gasteiger partial charge in [0.05, 0.1) is 12.2 Å². The van der Waals surface area contributed by atoms with Gasteiger partial charge in [-0.15, -0.1) is 0 Å². The van der Waals surface area contributed by atoms with Gasteiger partial charge in [0.1, 0.15) is 0 Å². The monoisotopic (exact) mass is 779 g/mol. The first-order valence-electron chi connectivity index (χ1n) is 25.5. The van der Waals surface area contributed by atoms with Crippen LogP contribution in [0.25, 0.3) is 0 Å². The standard InChI is InChI=1S/C50H102N2O3/c1-4-6-8-10-12-14-16-18-20-22-24-26-28-30-32-36-42-50(43-37-33-31-29-27-25-23-21-19-17-15-13-11-9-7-5-2)54-48(40-45-52-3)49(55-50)41-47-53-46-39-35-34-38-44-51/h48-49,52H,4-47,51H2,1-3H3. The number of hydrogen-bond donors (Lipinski definition) is 2. The van der Waals surface area contributed by atoms with Crippen LogP contribution in [-0.2, 0) is 14.2 Å². The number of unbranched alkanes of at least 4 members (excludes halogenated alkanes) is 33. The number of rotatable bonds is 46. The molecule has 0 aliphatic carbocycles. The van der Waals surface area contributed by atoms with Gasteiger partial charge in [0.15, 0.2) is 5.79 Å². The molecule has 330 valence electrons. The SMILES string of the molecule is CCCCCCCCCCCCCCCCCCC1(CCCCCCCCCCCCCCCCCC)OC(CCNC)C(CCOCCCCCCN)O1. The van der Waals surface area contributed by atoms with E-state index >= 15 is 0 Å². The molecule has 2 atom stereocenters. The molecule has 1 aliphatic rings. The van der Waals surface area contributed by atoms with Crippen molar-refractivity contribution in [1.82, 2.24) is 5.32 Å². The van der Waals surface area contributed by atoms with Gasteiger partial charge in [0, 0.05) is 26.1 Å². The van der Waals surface area contributed by atoms with E-state index in [2.05, 4.69) is 26.2 Å². The van der Waals surface area contributed by atoms with Gasteiger partial charge in [-0.3, -0.25) is 0 Å². The second-order valence-electron chi connectivity index (χ2n) is 17.8.